The average molecular weight is 396 g/mol. The molecular weight excluding hydrogens is 354 g/mol. The second-order valence-corrected chi connectivity index (χ2v) is 8.14. The van der Waals surface area contributed by atoms with Gasteiger partial charge in [-0.05, 0) is 86.5 Å². The van der Waals surface area contributed by atoms with Gasteiger partial charge in [0.1, 0.15) is 5.75 Å². The fourth-order valence-electron chi connectivity index (χ4n) is 2.78. The molecule has 1 aromatic carbocycles. The van der Waals surface area contributed by atoms with Gasteiger partial charge in [-0.15, -0.1) is 0 Å². The molecule has 28 heavy (non-hydrogen) atoms. The fourth-order valence-corrected chi connectivity index (χ4v) is 2.78. The Hall–Kier alpha value is -1.67. The molecule has 7 nitrogen and oxygen atoms in total. The van der Waals surface area contributed by atoms with Gasteiger partial charge in [0.2, 0.25) is 6.41 Å². The van der Waals surface area contributed by atoms with Gasteiger partial charge in [0, 0.05) is 31.7 Å². The normalized spacial score (nSPS) is 11.1. The smallest absolute Gasteiger partial charge is 0.207 e. The van der Waals surface area contributed by atoms with E-state index in [9.17, 15) is 9.90 Å². The predicted octanol–water partition coefficient (Wildman–Crippen LogP) is 1.26. The first-order valence-electron chi connectivity index (χ1n) is 9.67. The SMILES string of the molecule is CN(C)CCCNC=O.CN(C)Cc1ccc(O)c(CN(C)C)c1CN(C)C. The van der Waals surface area contributed by atoms with Crippen LogP contribution < -0.4 is 5.32 Å². The highest BCUT2D eigenvalue weighted by Gasteiger charge is 2.15. The number of carbonyl (C=O) groups is 1. The van der Waals surface area contributed by atoms with Gasteiger partial charge in [0.15, 0.2) is 0 Å². The summed E-state index contributed by atoms with van der Waals surface area (Å²) in [5, 5.41) is 12.7. The van der Waals surface area contributed by atoms with E-state index < -0.39 is 0 Å². The van der Waals surface area contributed by atoms with Crippen molar-refractivity contribution in [2.24, 2.45) is 0 Å². The predicted molar refractivity (Wildman–Crippen MR) is 118 cm³/mol. The average Bonchev–Trinajstić information content (AvgIpc) is 2.57. The minimum absolute atomic E-state index is 0.396. The zero-order chi connectivity index (χ0) is 21.7. The first-order valence-corrected chi connectivity index (χ1v) is 9.67. The molecule has 0 aromatic heterocycles. The zero-order valence-corrected chi connectivity index (χ0v) is 19.1. The van der Waals surface area contributed by atoms with Crippen LogP contribution in [0.2, 0.25) is 0 Å². The molecule has 0 saturated carbocycles. The number of phenols is 1. The lowest BCUT2D eigenvalue weighted by atomic mass is 9.98. The quantitative estimate of drug-likeness (QED) is 0.435. The molecule has 0 spiro atoms. The van der Waals surface area contributed by atoms with E-state index in [0.717, 1.165) is 51.1 Å². The van der Waals surface area contributed by atoms with E-state index >= 15 is 0 Å². The van der Waals surface area contributed by atoms with Gasteiger partial charge in [-0.2, -0.15) is 0 Å². The summed E-state index contributed by atoms with van der Waals surface area (Å²) in [6.07, 6.45) is 1.75. The molecular formula is C21H41N5O2. The molecule has 1 rings (SSSR count). The van der Waals surface area contributed by atoms with Crippen molar-refractivity contribution >= 4 is 6.41 Å². The number of benzene rings is 1. The second kappa shape index (κ2) is 14.3. The van der Waals surface area contributed by atoms with E-state index in [1.54, 1.807) is 0 Å². The van der Waals surface area contributed by atoms with Crippen LogP contribution in [0.1, 0.15) is 23.1 Å². The Morgan fingerprint density at radius 2 is 1.36 bits per heavy atom. The summed E-state index contributed by atoms with van der Waals surface area (Å²) in [6, 6.07) is 3.85. The number of hydrogen-bond acceptors (Lipinski definition) is 6. The van der Waals surface area contributed by atoms with Crippen molar-refractivity contribution in [3.63, 3.8) is 0 Å². The topological polar surface area (TPSA) is 62.3 Å². The van der Waals surface area contributed by atoms with Gasteiger partial charge < -0.3 is 30.0 Å². The minimum atomic E-state index is 0.396. The molecule has 0 unspecified atom stereocenters. The number of hydrogen-bond donors (Lipinski definition) is 2. The minimum Gasteiger partial charge on any atom is -0.508 e. The van der Waals surface area contributed by atoms with E-state index in [1.165, 1.54) is 11.1 Å². The Bertz CT molecular complexity index is 560. The molecule has 2 N–H and O–H groups in total. The van der Waals surface area contributed by atoms with E-state index in [-0.39, 0.29) is 0 Å². The van der Waals surface area contributed by atoms with Crippen LogP contribution in [0.4, 0.5) is 0 Å². The molecule has 162 valence electrons. The number of aromatic hydroxyl groups is 1. The van der Waals surface area contributed by atoms with Crippen molar-refractivity contribution in [1.82, 2.24) is 24.9 Å². The van der Waals surface area contributed by atoms with Crippen LogP contribution >= 0.6 is 0 Å². The fraction of sp³-hybridized carbons (Fsp3) is 0.667. The van der Waals surface area contributed by atoms with Crippen molar-refractivity contribution < 1.29 is 9.90 Å². The van der Waals surface area contributed by atoms with Crippen molar-refractivity contribution in [1.29, 1.82) is 0 Å². The number of nitrogens with one attached hydrogen (secondary N) is 1. The molecule has 0 aliphatic carbocycles. The van der Waals surface area contributed by atoms with Crippen molar-refractivity contribution in [3.05, 3.63) is 28.8 Å². The molecule has 0 radical (unpaired) electrons. The van der Waals surface area contributed by atoms with Crippen molar-refractivity contribution in [2.45, 2.75) is 26.1 Å². The third-order valence-electron chi connectivity index (χ3n) is 3.95. The summed E-state index contributed by atoms with van der Waals surface area (Å²) < 4.78 is 0. The maximum Gasteiger partial charge on any atom is 0.207 e. The highest BCUT2D eigenvalue weighted by Crippen LogP contribution is 2.27. The number of phenolic OH excluding ortho intramolecular Hbond substituents is 1. The molecule has 7 heteroatoms. The Labute approximate surface area is 171 Å². The van der Waals surface area contributed by atoms with E-state index in [0.29, 0.717) is 5.75 Å². The summed E-state index contributed by atoms with van der Waals surface area (Å²) in [4.78, 5) is 18.2. The van der Waals surface area contributed by atoms with Gasteiger partial charge in [-0.25, -0.2) is 0 Å². The highest BCUT2D eigenvalue weighted by molar-refractivity contribution is 5.45. The standard InChI is InChI=1S/C15H27N3O.C6H14N2O/c1-16(2)9-12-7-8-15(19)14(11-18(5)6)13(12)10-17(3)4;1-8(2)5-3-4-7-6-9/h7-8,19H,9-11H2,1-6H3;6H,3-5H2,1-2H3,(H,7,9). The molecule has 0 atom stereocenters. The van der Waals surface area contributed by atoms with E-state index in [1.807, 2.05) is 40.3 Å². The van der Waals surface area contributed by atoms with E-state index in [4.69, 9.17) is 0 Å². The summed E-state index contributed by atoms with van der Waals surface area (Å²) in [5.41, 5.74) is 3.57. The zero-order valence-electron chi connectivity index (χ0n) is 19.1. The van der Waals surface area contributed by atoms with Crippen molar-refractivity contribution in [2.75, 3.05) is 69.5 Å². The van der Waals surface area contributed by atoms with Gasteiger partial charge in [-0.3, -0.25) is 4.79 Å². The molecule has 0 aliphatic heterocycles. The molecule has 1 amide bonds. The third kappa shape index (κ3) is 11.9. The van der Waals surface area contributed by atoms with Crippen LogP contribution in [0, 0.1) is 0 Å². The number of carbonyl (C=O) groups excluding carboxylic acids is 1. The van der Waals surface area contributed by atoms with Crippen LogP contribution in [0.15, 0.2) is 12.1 Å². The third-order valence-corrected chi connectivity index (χ3v) is 3.95. The second-order valence-electron chi connectivity index (χ2n) is 8.14. The summed E-state index contributed by atoms with van der Waals surface area (Å²) in [5.74, 6) is 0.396. The lowest BCUT2D eigenvalue weighted by Crippen LogP contribution is -2.20. The lowest BCUT2D eigenvalue weighted by Gasteiger charge is -2.23. The Balaban J connectivity index is 0.000000684. The van der Waals surface area contributed by atoms with Crippen LogP contribution in [0.3, 0.4) is 0 Å². The van der Waals surface area contributed by atoms with Crippen LogP contribution in [0.25, 0.3) is 0 Å². The Kier molecular flexibility index (Phi) is 13.5. The molecule has 0 aliphatic rings. The number of rotatable bonds is 11. The summed E-state index contributed by atoms with van der Waals surface area (Å²) in [7, 11) is 16.3. The van der Waals surface area contributed by atoms with Crippen molar-refractivity contribution in [3.8, 4) is 5.75 Å². The highest BCUT2D eigenvalue weighted by atomic mass is 16.3. The number of nitrogens with zero attached hydrogens (tertiary/aromatic N) is 4. The van der Waals surface area contributed by atoms with Gasteiger partial charge in [0.05, 0.1) is 0 Å². The first-order chi connectivity index (χ1) is 13.1. The maximum atomic E-state index is 10.2. The Morgan fingerprint density at radius 3 is 1.82 bits per heavy atom. The first kappa shape index (κ1) is 26.3. The summed E-state index contributed by atoms with van der Waals surface area (Å²) >= 11 is 0. The molecule has 0 saturated heterocycles. The number of amides is 1. The molecule has 0 fully saturated rings. The maximum absolute atomic E-state index is 10.2. The van der Waals surface area contributed by atoms with Crippen LogP contribution in [0.5, 0.6) is 5.75 Å². The Morgan fingerprint density at radius 1 is 0.821 bits per heavy atom. The van der Waals surface area contributed by atoms with Gasteiger partial charge >= 0.3 is 0 Å². The monoisotopic (exact) mass is 395 g/mol. The summed E-state index contributed by atoms with van der Waals surface area (Å²) in [6.45, 7) is 4.31. The van der Waals surface area contributed by atoms with Crippen LogP contribution in [-0.2, 0) is 24.4 Å². The largest absolute Gasteiger partial charge is 0.508 e. The van der Waals surface area contributed by atoms with E-state index in [2.05, 4.69) is 53.1 Å². The molecule has 1 aromatic rings. The molecule has 0 heterocycles. The van der Waals surface area contributed by atoms with Crippen LogP contribution in [-0.4, -0.2) is 101 Å². The van der Waals surface area contributed by atoms with Gasteiger partial charge in [-0.1, -0.05) is 6.07 Å². The van der Waals surface area contributed by atoms with Gasteiger partial charge in [0.25, 0.3) is 0 Å². The lowest BCUT2D eigenvalue weighted by molar-refractivity contribution is -0.109. The molecule has 0 bridgehead atoms.